The van der Waals surface area contributed by atoms with Gasteiger partial charge in [0.2, 0.25) is 0 Å². The number of rotatable bonds is 7. The molecule has 0 radical (unpaired) electrons. The zero-order valence-electron chi connectivity index (χ0n) is 16.2. The molecule has 1 saturated heterocycles. The highest BCUT2D eigenvalue weighted by Crippen LogP contribution is 2.34. The maximum Gasteiger partial charge on any atom is 0.191 e. The number of aliphatic imine (C=N–C) groups is 1. The summed E-state index contributed by atoms with van der Waals surface area (Å²) in [6, 6.07) is 7.33. The molecular formula is C20H34IN5. The highest BCUT2D eigenvalue weighted by Gasteiger charge is 2.36. The Morgan fingerprint density at radius 3 is 2.69 bits per heavy atom. The van der Waals surface area contributed by atoms with Gasteiger partial charge in [0.05, 0.1) is 5.69 Å². The third-order valence-electron chi connectivity index (χ3n) is 5.26. The van der Waals surface area contributed by atoms with Crippen molar-refractivity contribution in [2.45, 2.75) is 64.6 Å². The lowest BCUT2D eigenvalue weighted by atomic mass is 10.0. The third-order valence-corrected chi connectivity index (χ3v) is 5.26. The Kier molecular flexibility index (Phi) is 9.11. The van der Waals surface area contributed by atoms with E-state index in [0.717, 1.165) is 38.1 Å². The molecule has 2 atom stereocenters. The maximum atomic E-state index is 4.65. The molecule has 146 valence electrons. The van der Waals surface area contributed by atoms with Crippen molar-refractivity contribution in [1.29, 1.82) is 0 Å². The molecule has 2 heterocycles. The average molecular weight is 471 g/mol. The standard InChI is InChI=1S/C20H33N5.HI/c1-3-7-16-14-19(16)24-20(21-4-2)23-17-9-12-25(13-10-17)15-18-8-5-6-11-22-18;/h5-6,8,11,16-17,19H,3-4,7,9-10,12-15H2,1-2H3,(H2,21,23,24);1H. The molecule has 1 saturated carbocycles. The van der Waals surface area contributed by atoms with E-state index >= 15 is 0 Å². The lowest BCUT2D eigenvalue weighted by molar-refractivity contribution is 0.196. The largest absolute Gasteiger partial charge is 0.354 e. The number of likely N-dealkylation sites (tertiary alicyclic amines) is 1. The topological polar surface area (TPSA) is 52.6 Å². The van der Waals surface area contributed by atoms with Gasteiger partial charge < -0.3 is 10.6 Å². The molecule has 2 unspecified atom stereocenters. The van der Waals surface area contributed by atoms with Crippen molar-refractivity contribution < 1.29 is 0 Å². The summed E-state index contributed by atoms with van der Waals surface area (Å²) in [6.45, 7) is 8.41. The highest BCUT2D eigenvalue weighted by molar-refractivity contribution is 14.0. The second kappa shape index (κ2) is 11.1. The van der Waals surface area contributed by atoms with Crippen LogP contribution < -0.4 is 10.6 Å². The Morgan fingerprint density at radius 1 is 1.23 bits per heavy atom. The second-order valence-corrected chi connectivity index (χ2v) is 7.37. The van der Waals surface area contributed by atoms with Crippen LogP contribution >= 0.6 is 24.0 Å². The fourth-order valence-corrected chi connectivity index (χ4v) is 3.73. The van der Waals surface area contributed by atoms with Crippen molar-refractivity contribution >= 4 is 29.9 Å². The highest BCUT2D eigenvalue weighted by atomic mass is 127. The van der Waals surface area contributed by atoms with E-state index in [9.17, 15) is 0 Å². The first-order chi connectivity index (χ1) is 12.3. The Balaban J connectivity index is 0.00000243. The molecule has 2 aliphatic rings. The first-order valence-electron chi connectivity index (χ1n) is 9.98. The van der Waals surface area contributed by atoms with Gasteiger partial charge in [-0.2, -0.15) is 0 Å². The molecule has 0 aromatic carbocycles. The fourth-order valence-electron chi connectivity index (χ4n) is 3.73. The predicted molar refractivity (Wildman–Crippen MR) is 119 cm³/mol. The molecule has 1 aromatic rings. The molecule has 0 amide bonds. The van der Waals surface area contributed by atoms with Gasteiger partial charge >= 0.3 is 0 Å². The molecule has 5 nitrogen and oxygen atoms in total. The molecule has 2 N–H and O–H groups in total. The van der Waals surface area contributed by atoms with Crippen molar-refractivity contribution in [3.63, 3.8) is 0 Å². The molecule has 6 heteroatoms. The minimum atomic E-state index is 0. The third kappa shape index (κ3) is 6.68. The van der Waals surface area contributed by atoms with Crippen molar-refractivity contribution in [3.8, 4) is 0 Å². The molecule has 1 aliphatic carbocycles. The van der Waals surface area contributed by atoms with Crippen LogP contribution in [-0.4, -0.2) is 47.6 Å². The fraction of sp³-hybridized carbons (Fsp3) is 0.700. The minimum Gasteiger partial charge on any atom is -0.354 e. The number of nitrogens with one attached hydrogen (secondary N) is 2. The quantitative estimate of drug-likeness (QED) is 0.364. The number of hydrogen-bond acceptors (Lipinski definition) is 3. The van der Waals surface area contributed by atoms with Crippen LogP contribution in [0.5, 0.6) is 0 Å². The number of guanidine groups is 1. The lowest BCUT2D eigenvalue weighted by Gasteiger charge is -2.33. The molecule has 1 aromatic heterocycles. The number of halogens is 1. The van der Waals surface area contributed by atoms with E-state index in [1.807, 2.05) is 12.3 Å². The van der Waals surface area contributed by atoms with Crippen LogP contribution in [-0.2, 0) is 6.54 Å². The van der Waals surface area contributed by atoms with E-state index in [2.05, 4.69) is 51.5 Å². The monoisotopic (exact) mass is 471 g/mol. The first kappa shape index (κ1) is 21.4. The summed E-state index contributed by atoms with van der Waals surface area (Å²) >= 11 is 0. The molecule has 1 aliphatic heterocycles. The Morgan fingerprint density at radius 2 is 2.04 bits per heavy atom. The summed E-state index contributed by atoms with van der Waals surface area (Å²) in [5.41, 5.74) is 1.17. The van der Waals surface area contributed by atoms with Crippen LogP contribution in [0.2, 0.25) is 0 Å². The van der Waals surface area contributed by atoms with Gasteiger partial charge in [-0.05, 0) is 50.7 Å². The Labute approximate surface area is 175 Å². The van der Waals surface area contributed by atoms with Crippen molar-refractivity contribution in [3.05, 3.63) is 30.1 Å². The number of hydrogen-bond donors (Lipinski definition) is 2. The van der Waals surface area contributed by atoms with Gasteiger partial charge in [0, 0.05) is 44.5 Å². The van der Waals surface area contributed by atoms with Gasteiger partial charge in [0.15, 0.2) is 5.96 Å². The van der Waals surface area contributed by atoms with Crippen molar-refractivity contribution in [2.75, 3.05) is 19.6 Å². The van der Waals surface area contributed by atoms with E-state index in [-0.39, 0.29) is 24.0 Å². The summed E-state index contributed by atoms with van der Waals surface area (Å²) in [7, 11) is 0. The number of pyridine rings is 1. The summed E-state index contributed by atoms with van der Waals surface area (Å²) in [5, 5.41) is 7.31. The molecule has 26 heavy (non-hydrogen) atoms. The van der Waals surface area contributed by atoms with E-state index in [1.54, 1.807) is 0 Å². The van der Waals surface area contributed by atoms with Gasteiger partial charge in [-0.1, -0.05) is 19.4 Å². The number of piperidine rings is 1. The van der Waals surface area contributed by atoms with Crippen LogP contribution in [0.4, 0.5) is 0 Å². The van der Waals surface area contributed by atoms with Crippen LogP contribution in [0.25, 0.3) is 0 Å². The number of aromatic nitrogens is 1. The first-order valence-corrected chi connectivity index (χ1v) is 9.98. The van der Waals surface area contributed by atoms with Gasteiger partial charge in [0.1, 0.15) is 0 Å². The predicted octanol–water partition coefficient (Wildman–Crippen LogP) is 3.41. The summed E-state index contributed by atoms with van der Waals surface area (Å²) in [5.74, 6) is 1.88. The minimum absolute atomic E-state index is 0. The van der Waals surface area contributed by atoms with Crippen LogP contribution in [0.3, 0.4) is 0 Å². The molecule has 2 fully saturated rings. The van der Waals surface area contributed by atoms with E-state index < -0.39 is 0 Å². The summed E-state index contributed by atoms with van der Waals surface area (Å²) in [4.78, 5) is 11.6. The molecular weight excluding hydrogens is 437 g/mol. The summed E-state index contributed by atoms with van der Waals surface area (Å²) in [6.07, 6.45) is 8.14. The van der Waals surface area contributed by atoms with Crippen LogP contribution in [0.15, 0.2) is 29.4 Å². The SMILES string of the molecule is CCCC1CC1NC(=NCC)NC1CCN(Cc2ccccn2)CC1.I. The van der Waals surface area contributed by atoms with Crippen molar-refractivity contribution in [2.24, 2.45) is 10.9 Å². The van der Waals surface area contributed by atoms with E-state index in [1.165, 1.54) is 37.8 Å². The van der Waals surface area contributed by atoms with Crippen molar-refractivity contribution in [1.82, 2.24) is 20.5 Å². The van der Waals surface area contributed by atoms with Crippen LogP contribution in [0, 0.1) is 5.92 Å². The Hall–Kier alpha value is -0.890. The normalized spacial score (nSPS) is 24.0. The zero-order chi connectivity index (χ0) is 17.5. The van der Waals surface area contributed by atoms with Gasteiger partial charge in [0.25, 0.3) is 0 Å². The van der Waals surface area contributed by atoms with Gasteiger partial charge in [-0.25, -0.2) is 0 Å². The van der Waals surface area contributed by atoms with Gasteiger partial charge in [-0.15, -0.1) is 24.0 Å². The molecule has 3 rings (SSSR count). The zero-order valence-corrected chi connectivity index (χ0v) is 18.5. The average Bonchev–Trinajstić information content (AvgIpc) is 3.35. The van der Waals surface area contributed by atoms with E-state index in [0.29, 0.717) is 12.1 Å². The molecule has 0 bridgehead atoms. The second-order valence-electron chi connectivity index (χ2n) is 7.37. The van der Waals surface area contributed by atoms with E-state index in [4.69, 9.17) is 0 Å². The molecule has 0 spiro atoms. The smallest absolute Gasteiger partial charge is 0.191 e. The van der Waals surface area contributed by atoms with Crippen LogP contribution in [0.1, 0.15) is 51.6 Å². The maximum absolute atomic E-state index is 4.65. The Bertz CT molecular complexity index is 542. The lowest BCUT2D eigenvalue weighted by Crippen LogP contribution is -2.49. The summed E-state index contributed by atoms with van der Waals surface area (Å²) < 4.78 is 0. The van der Waals surface area contributed by atoms with Gasteiger partial charge in [-0.3, -0.25) is 14.9 Å². The number of nitrogens with zero attached hydrogens (tertiary/aromatic N) is 3.